The average Bonchev–Trinajstić information content (AvgIpc) is 2.87. The summed E-state index contributed by atoms with van der Waals surface area (Å²) in [6.45, 7) is 3.82. The smallest absolute Gasteiger partial charge is 0.288 e. The second kappa shape index (κ2) is 6.20. The van der Waals surface area contributed by atoms with Gasteiger partial charge in [-0.2, -0.15) is 9.30 Å². The number of benzene rings is 2. The van der Waals surface area contributed by atoms with E-state index < -0.39 is 10.5 Å². The van der Waals surface area contributed by atoms with Crippen LogP contribution in [0.25, 0.3) is 22.0 Å². The molecule has 24 heavy (non-hydrogen) atoms. The fourth-order valence-corrected chi connectivity index (χ4v) is 2.76. The predicted molar refractivity (Wildman–Crippen MR) is 93.9 cm³/mol. The highest BCUT2D eigenvalue weighted by Crippen LogP contribution is 2.37. The Bertz CT molecular complexity index is 898. The number of hydrogen-bond donors (Lipinski definition) is 1. The lowest BCUT2D eigenvalue weighted by Gasteiger charge is -2.19. The monoisotopic (exact) mass is 348 g/mol. The molecule has 0 radical (unpaired) electrons. The second-order valence-corrected chi connectivity index (χ2v) is 6.28. The number of aromatic nitrogens is 2. The van der Waals surface area contributed by atoms with Crippen LogP contribution in [0.1, 0.15) is 19.4 Å². The average molecular weight is 349 g/mol. The Morgan fingerprint density at radius 3 is 2.38 bits per heavy atom. The molecule has 1 heterocycles. The lowest BCUT2D eigenvalue weighted by Crippen LogP contribution is -2.28. The van der Waals surface area contributed by atoms with E-state index in [1.165, 1.54) is 6.20 Å². The van der Waals surface area contributed by atoms with Crippen molar-refractivity contribution in [1.29, 1.82) is 0 Å². The van der Waals surface area contributed by atoms with E-state index in [0.29, 0.717) is 16.5 Å². The summed E-state index contributed by atoms with van der Waals surface area (Å²) in [6.07, 6.45) is 1.40. The summed E-state index contributed by atoms with van der Waals surface area (Å²) in [4.78, 5) is 11.1. The minimum absolute atomic E-state index is 0. The fraction of sp³-hybridized carbons (Fsp3) is 0.188. The van der Waals surface area contributed by atoms with Crippen molar-refractivity contribution >= 4 is 28.4 Å². The Balaban J connectivity index is 0.00000208. The quantitative estimate of drug-likeness (QED) is 0.578. The molecule has 7 nitrogen and oxygen atoms in total. The number of halogens is 1. The molecule has 0 spiro atoms. The summed E-state index contributed by atoms with van der Waals surface area (Å²) < 4.78 is 1.10. The van der Waals surface area contributed by atoms with Crippen LogP contribution in [0.3, 0.4) is 0 Å². The minimum Gasteiger partial charge on any atom is -0.412 e. The zero-order valence-electron chi connectivity index (χ0n) is 13.2. The van der Waals surface area contributed by atoms with Gasteiger partial charge in [-0.25, -0.2) is 0 Å². The highest BCUT2D eigenvalue weighted by molar-refractivity contribution is 6.19. The van der Waals surface area contributed by atoms with Crippen molar-refractivity contribution in [2.45, 2.75) is 19.4 Å². The first-order valence-corrected chi connectivity index (χ1v) is 7.34. The van der Waals surface area contributed by atoms with Crippen LogP contribution in [0.5, 0.6) is 0 Å². The first-order chi connectivity index (χ1) is 10.8. The van der Waals surface area contributed by atoms with Gasteiger partial charge in [0.1, 0.15) is 0 Å². The third-order valence-electron chi connectivity index (χ3n) is 3.80. The molecule has 8 heteroatoms. The van der Waals surface area contributed by atoms with Crippen molar-refractivity contribution in [3.63, 3.8) is 0 Å². The number of hydrogen-bond acceptors (Lipinski definition) is 4. The first kappa shape index (κ1) is 17.9. The van der Waals surface area contributed by atoms with E-state index in [0.717, 1.165) is 15.3 Å². The van der Waals surface area contributed by atoms with Gasteiger partial charge in [0.05, 0.1) is 27.6 Å². The summed E-state index contributed by atoms with van der Waals surface area (Å²) in [6, 6.07) is 10.8. The molecule has 0 aliphatic carbocycles. The molecule has 1 aromatic heterocycles. The molecule has 0 unspecified atom stereocenters. The van der Waals surface area contributed by atoms with Crippen LogP contribution in [0.15, 0.2) is 42.6 Å². The van der Waals surface area contributed by atoms with Crippen molar-refractivity contribution in [2.75, 3.05) is 0 Å². The highest BCUT2D eigenvalue weighted by Gasteiger charge is 2.22. The molecule has 0 saturated heterocycles. The van der Waals surface area contributed by atoms with E-state index in [9.17, 15) is 10.1 Å². The number of nitrogens with zero attached hydrogens (tertiary/aromatic N) is 3. The number of nitro groups is 1. The van der Waals surface area contributed by atoms with Crippen molar-refractivity contribution in [1.82, 2.24) is 9.30 Å². The van der Waals surface area contributed by atoms with Gasteiger partial charge >= 0.3 is 0 Å². The summed E-state index contributed by atoms with van der Waals surface area (Å²) in [7, 11) is 0. The maximum atomic E-state index is 11.5. The third kappa shape index (κ3) is 2.96. The van der Waals surface area contributed by atoms with E-state index in [-0.39, 0.29) is 11.2 Å². The molecular weight excluding hydrogens is 332 g/mol. The zero-order valence-corrected chi connectivity index (χ0v) is 13.9. The van der Waals surface area contributed by atoms with Crippen LogP contribution in [0.2, 0.25) is 0 Å². The molecule has 3 aromatic rings. The van der Waals surface area contributed by atoms with Gasteiger partial charge in [-0.1, -0.05) is 24.3 Å². The van der Waals surface area contributed by atoms with Crippen molar-refractivity contribution < 1.29 is 10.4 Å². The van der Waals surface area contributed by atoms with Gasteiger partial charge in [0.25, 0.3) is 5.69 Å². The summed E-state index contributed by atoms with van der Waals surface area (Å²) >= 11 is 5.89. The SMILES string of the molecule is CC(C)(N)c1ccc(-c2ccc3c(cnn3Cl)c2[N+](=O)[O-])cc1.O. The number of nitrogens with two attached hydrogens (primary N) is 1. The Kier molecular flexibility index (Phi) is 4.61. The van der Waals surface area contributed by atoms with Gasteiger partial charge in [-0.15, -0.1) is 0 Å². The van der Waals surface area contributed by atoms with Gasteiger partial charge in [-0.05, 0) is 37.1 Å². The third-order valence-corrected chi connectivity index (χ3v) is 4.07. The van der Waals surface area contributed by atoms with E-state index in [2.05, 4.69) is 5.10 Å². The van der Waals surface area contributed by atoms with Crippen molar-refractivity contribution in [3.05, 3.63) is 58.3 Å². The molecule has 0 amide bonds. The Morgan fingerprint density at radius 2 is 1.83 bits per heavy atom. The van der Waals surface area contributed by atoms with Crippen LogP contribution in [-0.4, -0.2) is 19.7 Å². The van der Waals surface area contributed by atoms with Crippen LogP contribution in [-0.2, 0) is 5.54 Å². The number of fused-ring (bicyclic) bond motifs is 1. The molecule has 0 fully saturated rings. The fourth-order valence-electron chi connectivity index (χ4n) is 2.57. The van der Waals surface area contributed by atoms with Crippen LogP contribution in [0.4, 0.5) is 5.69 Å². The molecule has 126 valence electrons. The van der Waals surface area contributed by atoms with Crippen molar-refractivity contribution in [2.24, 2.45) is 5.73 Å². The molecule has 0 aliphatic rings. The molecule has 0 saturated carbocycles. The van der Waals surface area contributed by atoms with Gasteiger partial charge < -0.3 is 11.2 Å². The van der Waals surface area contributed by atoms with Gasteiger partial charge in [0.2, 0.25) is 0 Å². The standard InChI is InChI=1S/C16H15ClN4O2.H2O/c1-16(2,18)11-5-3-10(4-6-11)12-7-8-14-13(9-19-20(14)17)15(12)21(22)23;/h3-9H,18H2,1-2H3;1H2. The number of rotatable bonds is 3. The van der Waals surface area contributed by atoms with E-state index in [1.807, 2.05) is 38.1 Å². The predicted octanol–water partition coefficient (Wildman–Crippen LogP) is 2.98. The summed E-state index contributed by atoms with van der Waals surface area (Å²) in [5.74, 6) is 0. The lowest BCUT2D eigenvalue weighted by atomic mass is 9.93. The molecule has 0 aliphatic heterocycles. The topological polar surface area (TPSA) is 118 Å². The van der Waals surface area contributed by atoms with Gasteiger partial charge in [0.15, 0.2) is 0 Å². The van der Waals surface area contributed by atoms with Crippen LogP contribution < -0.4 is 5.73 Å². The van der Waals surface area contributed by atoms with E-state index in [1.54, 1.807) is 12.1 Å². The summed E-state index contributed by atoms with van der Waals surface area (Å²) in [5.41, 5.74) is 8.32. The summed E-state index contributed by atoms with van der Waals surface area (Å²) in [5, 5.41) is 15.8. The van der Waals surface area contributed by atoms with Crippen LogP contribution in [0, 0.1) is 10.1 Å². The molecule has 0 atom stereocenters. The number of nitro benzene ring substituents is 1. The molecule has 0 bridgehead atoms. The van der Waals surface area contributed by atoms with E-state index in [4.69, 9.17) is 17.5 Å². The molecular formula is C16H17ClN4O3. The van der Waals surface area contributed by atoms with Gasteiger partial charge in [0, 0.05) is 17.3 Å². The molecule has 4 N–H and O–H groups in total. The highest BCUT2D eigenvalue weighted by atomic mass is 35.5. The molecule has 2 aromatic carbocycles. The Hall–Kier alpha value is -2.48. The maximum absolute atomic E-state index is 11.5. The van der Waals surface area contributed by atoms with E-state index >= 15 is 0 Å². The lowest BCUT2D eigenvalue weighted by molar-refractivity contribution is -0.382. The largest absolute Gasteiger partial charge is 0.412 e. The van der Waals surface area contributed by atoms with Crippen LogP contribution >= 0.6 is 11.8 Å². The minimum atomic E-state index is -0.464. The Labute approximate surface area is 143 Å². The first-order valence-electron chi connectivity index (χ1n) is 7.00. The Morgan fingerprint density at radius 1 is 1.21 bits per heavy atom. The zero-order chi connectivity index (χ0) is 16.8. The normalized spacial score (nSPS) is 11.3. The van der Waals surface area contributed by atoms with Gasteiger partial charge in [-0.3, -0.25) is 10.1 Å². The second-order valence-electron chi connectivity index (χ2n) is 5.96. The molecule has 3 rings (SSSR count). The van der Waals surface area contributed by atoms with Crippen molar-refractivity contribution in [3.8, 4) is 11.1 Å². The maximum Gasteiger partial charge on any atom is 0.288 e.